The molecule has 0 bridgehead atoms. The predicted octanol–water partition coefficient (Wildman–Crippen LogP) is 3.81. The van der Waals surface area contributed by atoms with Gasteiger partial charge in [-0.2, -0.15) is 0 Å². The van der Waals surface area contributed by atoms with Crippen LogP contribution in [-0.4, -0.2) is 38.4 Å². The lowest BCUT2D eigenvalue weighted by Crippen LogP contribution is -2.61. The number of benzene rings is 1. The van der Waals surface area contributed by atoms with Crippen molar-refractivity contribution < 1.29 is 24.6 Å². The van der Waals surface area contributed by atoms with Crippen molar-refractivity contribution in [1.82, 2.24) is 10.4 Å². The lowest BCUT2D eigenvalue weighted by Gasteiger charge is -2.50. The number of hydroxylamine groups is 2. The number of piperidine rings is 1. The lowest BCUT2D eigenvalue weighted by atomic mass is 9.79. The maximum Gasteiger partial charge on any atom is 0.339 e. The molecule has 0 aliphatic carbocycles. The van der Waals surface area contributed by atoms with Gasteiger partial charge in [-0.3, -0.25) is 0 Å². The standard InChI is InChI=1S/C21H27N2O5/c1-20(2)10-14(11-21(3,4)23(20)27)22-12-15-6-8-18(28-15)13-5-7-17(24)16(9-13)19(25)26/h5-9,14,22,24H,10-12H2,1-4H3,(H,25,26). The van der Waals surface area contributed by atoms with Crippen LogP contribution in [0.1, 0.15) is 56.7 Å². The van der Waals surface area contributed by atoms with Gasteiger partial charge in [0.2, 0.25) is 0 Å². The fourth-order valence-electron chi connectivity index (χ4n) is 4.14. The molecule has 0 amide bonds. The Morgan fingerprint density at radius 3 is 2.43 bits per heavy atom. The number of aromatic carboxylic acids is 1. The van der Waals surface area contributed by atoms with Gasteiger partial charge in [0.05, 0.1) is 6.54 Å². The summed E-state index contributed by atoms with van der Waals surface area (Å²) in [5.74, 6) is -0.211. The summed E-state index contributed by atoms with van der Waals surface area (Å²) in [6.45, 7) is 8.37. The monoisotopic (exact) mass is 387 g/mol. The van der Waals surface area contributed by atoms with E-state index < -0.39 is 17.0 Å². The topological polar surface area (TPSA) is 106 Å². The number of nitrogens with zero attached hydrogens (tertiary/aromatic N) is 1. The summed E-state index contributed by atoms with van der Waals surface area (Å²) in [5, 5.41) is 35.9. The van der Waals surface area contributed by atoms with Crippen LogP contribution in [0.2, 0.25) is 0 Å². The maximum absolute atomic E-state index is 12.5. The second-order valence-corrected chi connectivity index (χ2v) is 8.71. The van der Waals surface area contributed by atoms with Crippen LogP contribution in [0.3, 0.4) is 0 Å². The van der Waals surface area contributed by atoms with Crippen LogP contribution in [0.25, 0.3) is 11.3 Å². The first kappa shape index (κ1) is 20.4. The van der Waals surface area contributed by atoms with Crippen LogP contribution in [0.5, 0.6) is 5.75 Å². The van der Waals surface area contributed by atoms with Crippen molar-refractivity contribution in [3.63, 3.8) is 0 Å². The van der Waals surface area contributed by atoms with Gasteiger partial charge in [-0.05, 0) is 70.9 Å². The number of carboxylic acid groups (broad SMARTS) is 1. The zero-order chi connectivity index (χ0) is 20.7. The third-order valence-corrected chi connectivity index (χ3v) is 5.33. The van der Waals surface area contributed by atoms with Crippen molar-refractivity contribution in [2.24, 2.45) is 0 Å². The molecule has 0 spiro atoms. The van der Waals surface area contributed by atoms with E-state index in [4.69, 9.17) is 9.52 Å². The highest BCUT2D eigenvalue weighted by atomic mass is 16.5. The second-order valence-electron chi connectivity index (χ2n) is 8.71. The molecule has 7 nitrogen and oxygen atoms in total. The fourth-order valence-corrected chi connectivity index (χ4v) is 4.14. The van der Waals surface area contributed by atoms with Crippen LogP contribution >= 0.6 is 0 Å². The minimum Gasteiger partial charge on any atom is -0.507 e. The molecule has 1 aromatic heterocycles. The van der Waals surface area contributed by atoms with Gasteiger partial charge in [-0.1, -0.05) is 0 Å². The number of furan rings is 1. The molecular formula is C21H27N2O5. The number of phenols is 1. The van der Waals surface area contributed by atoms with Crippen molar-refractivity contribution in [2.75, 3.05) is 0 Å². The summed E-state index contributed by atoms with van der Waals surface area (Å²) in [4.78, 5) is 11.2. The highest BCUT2D eigenvalue weighted by Crippen LogP contribution is 2.37. The zero-order valence-corrected chi connectivity index (χ0v) is 16.7. The van der Waals surface area contributed by atoms with E-state index in [1.807, 2.05) is 33.8 Å². The van der Waals surface area contributed by atoms with Crippen molar-refractivity contribution >= 4 is 5.97 Å². The number of hydrogen-bond donors (Lipinski definition) is 3. The summed E-state index contributed by atoms with van der Waals surface area (Å²) in [5.41, 5.74) is -0.453. The van der Waals surface area contributed by atoms with Gasteiger partial charge >= 0.3 is 5.97 Å². The number of aromatic hydroxyl groups is 1. The third-order valence-electron chi connectivity index (χ3n) is 5.33. The van der Waals surface area contributed by atoms with E-state index in [2.05, 4.69) is 5.32 Å². The Balaban J connectivity index is 1.69. The Hall–Kier alpha value is -2.35. The first-order valence-corrected chi connectivity index (χ1v) is 9.36. The molecule has 7 heteroatoms. The number of hydrogen-bond acceptors (Lipinski definition) is 5. The summed E-state index contributed by atoms with van der Waals surface area (Å²) < 4.78 is 5.85. The van der Waals surface area contributed by atoms with E-state index in [0.29, 0.717) is 17.9 Å². The van der Waals surface area contributed by atoms with E-state index in [0.717, 1.165) is 18.6 Å². The Bertz CT molecular complexity index is 853. The summed E-state index contributed by atoms with van der Waals surface area (Å²) in [6.07, 6.45) is 1.49. The van der Waals surface area contributed by atoms with E-state index in [9.17, 15) is 15.1 Å². The largest absolute Gasteiger partial charge is 0.507 e. The van der Waals surface area contributed by atoms with Gasteiger partial charge in [0.25, 0.3) is 0 Å². The lowest BCUT2D eigenvalue weighted by molar-refractivity contribution is -0.290. The Morgan fingerprint density at radius 1 is 1.18 bits per heavy atom. The summed E-state index contributed by atoms with van der Waals surface area (Å²) in [7, 11) is 0. The van der Waals surface area contributed by atoms with Gasteiger partial charge in [-0.15, -0.1) is 10.3 Å². The maximum atomic E-state index is 12.5. The normalized spacial score (nSPS) is 19.6. The minimum absolute atomic E-state index is 0.164. The van der Waals surface area contributed by atoms with Crippen LogP contribution in [0, 0.1) is 0 Å². The Labute approximate surface area is 164 Å². The molecule has 1 radical (unpaired) electrons. The van der Waals surface area contributed by atoms with Crippen LogP contribution in [0.4, 0.5) is 0 Å². The average Bonchev–Trinajstić information content (AvgIpc) is 3.06. The number of rotatable bonds is 5. The van der Waals surface area contributed by atoms with Crippen molar-refractivity contribution in [1.29, 1.82) is 0 Å². The Morgan fingerprint density at radius 2 is 1.82 bits per heavy atom. The molecule has 0 unspecified atom stereocenters. The highest BCUT2D eigenvalue weighted by molar-refractivity contribution is 5.92. The van der Waals surface area contributed by atoms with Gasteiger partial charge in [0, 0.05) is 22.7 Å². The molecule has 0 saturated carbocycles. The quantitative estimate of drug-likeness (QED) is 0.720. The first-order chi connectivity index (χ1) is 13.0. The van der Waals surface area contributed by atoms with E-state index in [1.54, 1.807) is 12.1 Å². The van der Waals surface area contributed by atoms with Crippen molar-refractivity contribution in [3.8, 4) is 17.1 Å². The van der Waals surface area contributed by atoms with E-state index in [1.165, 1.54) is 17.2 Å². The fraction of sp³-hybridized carbons (Fsp3) is 0.476. The van der Waals surface area contributed by atoms with Crippen LogP contribution in [0.15, 0.2) is 34.7 Å². The zero-order valence-electron chi connectivity index (χ0n) is 16.7. The van der Waals surface area contributed by atoms with Gasteiger partial charge in [-0.25, -0.2) is 4.79 Å². The first-order valence-electron chi connectivity index (χ1n) is 9.36. The van der Waals surface area contributed by atoms with E-state index in [-0.39, 0.29) is 17.4 Å². The molecule has 0 atom stereocenters. The third kappa shape index (κ3) is 4.06. The number of carbonyl (C=O) groups is 1. The van der Waals surface area contributed by atoms with E-state index >= 15 is 0 Å². The highest BCUT2D eigenvalue weighted by Gasteiger charge is 2.45. The smallest absolute Gasteiger partial charge is 0.339 e. The molecule has 1 fully saturated rings. The van der Waals surface area contributed by atoms with Gasteiger partial charge in [0.15, 0.2) is 0 Å². The molecule has 28 heavy (non-hydrogen) atoms. The molecule has 3 rings (SSSR count). The summed E-state index contributed by atoms with van der Waals surface area (Å²) in [6, 6.07) is 8.17. The van der Waals surface area contributed by atoms with Gasteiger partial charge in [0.1, 0.15) is 22.8 Å². The SMILES string of the molecule is CC1(C)CC(NCc2ccc(-c3ccc(O)c(C(=O)O)c3)o2)CC(C)(C)N1[O]. The molecule has 3 N–H and O–H groups in total. The molecule has 151 valence electrons. The molecule has 1 aromatic carbocycles. The predicted molar refractivity (Wildman–Crippen MR) is 103 cm³/mol. The molecule has 1 aliphatic heterocycles. The minimum atomic E-state index is -1.19. The average molecular weight is 387 g/mol. The molecule has 2 heterocycles. The molecular weight excluding hydrogens is 360 g/mol. The number of carboxylic acids is 1. The summed E-state index contributed by atoms with van der Waals surface area (Å²) >= 11 is 0. The Kier molecular flexibility index (Phi) is 5.27. The molecule has 1 aliphatic rings. The molecule has 2 aromatic rings. The van der Waals surface area contributed by atoms with Gasteiger partial charge < -0.3 is 19.9 Å². The number of nitrogens with one attached hydrogen (secondary N) is 1. The molecule has 1 saturated heterocycles. The van der Waals surface area contributed by atoms with Crippen molar-refractivity contribution in [3.05, 3.63) is 41.7 Å². The van der Waals surface area contributed by atoms with Crippen LogP contribution < -0.4 is 5.32 Å². The van der Waals surface area contributed by atoms with Crippen LogP contribution in [-0.2, 0) is 11.8 Å². The van der Waals surface area contributed by atoms with Crippen molar-refractivity contribution in [2.45, 2.75) is 64.2 Å². The second kappa shape index (κ2) is 7.24.